The number of nitrogens with zero attached hydrogens (tertiary/aromatic N) is 1. The molecule has 3 nitrogen and oxygen atoms in total. The first-order valence-corrected chi connectivity index (χ1v) is 3.19. The fourth-order valence-corrected chi connectivity index (χ4v) is 0.793. The third-order valence-electron chi connectivity index (χ3n) is 1.41. The van der Waals surface area contributed by atoms with E-state index in [0.717, 1.165) is 0 Å². The molecule has 0 saturated carbocycles. The Kier molecular flexibility index (Phi) is 1.77. The first-order chi connectivity index (χ1) is 5.15. The van der Waals surface area contributed by atoms with E-state index in [-0.39, 0.29) is 5.56 Å². The number of H-pyrrole nitrogens is 1. The number of aromatic nitrogens is 2. The Hall–Kier alpha value is -1.56. The van der Waals surface area contributed by atoms with Crippen LogP contribution in [0.15, 0.2) is 4.79 Å². The van der Waals surface area contributed by atoms with E-state index in [1.54, 1.807) is 13.8 Å². The molecular weight excluding hydrogens is 140 g/mol. The molecule has 1 N–H and O–H groups in total. The van der Waals surface area contributed by atoms with Gasteiger partial charge in [-0.15, -0.1) is 6.42 Å². The monoisotopic (exact) mass is 148 g/mol. The number of rotatable bonds is 0. The number of aryl methyl sites for hydroxylation is 2. The average Bonchev–Trinajstić information content (AvgIpc) is 1.97. The van der Waals surface area contributed by atoms with E-state index < -0.39 is 0 Å². The molecule has 0 saturated heterocycles. The zero-order valence-electron chi connectivity index (χ0n) is 6.43. The molecule has 0 atom stereocenters. The molecule has 0 bridgehead atoms. The van der Waals surface area contributed by atoms with Crippen molar-refractivity contribution in [2.24, 2.45) is 0 Å². The van der Waals surface area contributed by atoms with Gasteiger partial charge in [0.05, 0.1) is 5.69 Å². The summed E-state index contributed by atoms with van der Waals surface area (Å²) < 4.78 is 0. The van der Waals surface area contributed by atoms with Crippen molar-refractivity contribution in [3.8, 4) is 12.3 Å². The Morgan fingerprint density at radius 2 is 2.09 bits per heavy atom. The third-order valence-corrected chi connectivity index (χ3v) is 1.41. The summed E-state index contributed by atoms with van der Waals surface area (Å²) in [4.78, 5) is 17.4. The number of terminal acetylenes is 1. The van der Waals surface area contributed by atoms with Crippen molar-refractivity contribution in [2.45, 2.75) is 13.8 Å². The summed E-state index contributed by atoms with van der Waals surface area (Å²) in [6.07, 6.45) is 5.11. The van der Waals surface area contributed by atoms with Crippen molar-refractivity contribution in [3.63, 3.8) is 0 Å². The fraction of sp³-hybridized carbons (Fsp3) is 0.250. The average molecular weight is 148 g/mol. The molecule has 0 radical (unpaired) electrons. The van der Waals surface area contributed by atoms with Crippen LogP contribution in [0, 0.1) is 26.2 Å². The van der Waals surface area contributed by atoms with Crippen LogP contribution in [0.4, 0.5) is 0 Å². The Balaban J connectivity index is 3.48. The molecule has 11 heavy (non-hydrogen) atoms. The first-order valence-electron chi connectivity index (χ1n) is 3.19. The van der Waals surface area contributed by atoms with Crippen LogP contribution in [0.25, 0.3) is 0 Å². The van der Waals surface area contributed by atoms with E-state index >= 15 is 0 Å². The minimum absolute atomic E-state index is 0.219. The summed E-state index contributed by atoms with van der Waals surface area (Å²) in [6.45, 7) is 3.41. The highest BCUT2D eigenvalue weighted by atomic mass is 16.1. The second-order valence-electron chi connectivity index (χ2n) is 2.26. The van der Waals surface area contributed by atoms with E-state index in [0.29, 0.717) is 17.1 Å². The van der Waals surface area contributed by atoms with E-state index in [9.17, 15) is 4.79 Å². The van der Waals surface area contributed by atoms with Gasteiger partial charge in [0.2, 0.25) is 0 Å². The largest absolute Gasteiger partial charge is 0.312 e. The molecule has 0 aromatic carbocycles. The highest BCUT2D eigenvalue weighted by Crippen LogP contribution is 1.95. The summed E-state index contributed by atoms with van der Waals surface area (Å²) in [7, 11) is 0. The maximum absolute atomic E-state index is 10.9. The molecule has 0 spiro atoms. The van der Waals surface area contributed by atoms with Crippen molar-refractivity contribution < 1.29 is 0 Å². The van der Waals surface area contributed by atoms with Crippen LogP contribution in [0.1, 0.15) is 17.1 Å². The van der Waals surface area contributed by atoms with Crippen molar-refractivity contribution in [1.29, 1.82) is 0 Å². The van der Waals surface area contributed by atoms with Gasteiger partial charge in [0.25, 0.3) is 5.56 Å². The van der Waals surface area contributed by atoms with Gasteiger partial charge in [-0.05, 0) is 13.8 Å². The minimum atomic E-state index is -0.219. The summed E-state index contributed by atoms with van der Waals surface area (Å²) in [5.41, 5.74) is 1.37. The Labute approximate surface area is 64.5 Å². The predicted molar refractivity (Wildman–Crippen MR) is 42.3 cm³/mol. The van der Waals surface area contributed by atoms with Crippen molar-refractivity contribution in [2.75, 3.05) is 0 Å². The van der Waals surface area contributed by atoms with Gasteiger partial charge in [-0.3, -0.25) is 4.79 Å². The highest BCUT2D eigenvalue weighted by molar-refractivity contribution is 5.28. The Morgan fingerprint density at radius 3 is 2.64 bits per heavy atom. The molecule has 0 amide bonds. The molecule has 1 aromatic heterocycles. The number of hydrogen-bond acceptors (Lipinski definition) is 2. The van der Waals surface area contributed by atoms with Crippen LogP contribution in [0.2, 0.25) is 0 Å². The molecule has 0 fully saturated rings. The smallest absolute Gasteiger partial charge is 0.270 e. The lowest BCUT2D eigenvalue weighted by molar-refractivity contribution is 0.996. The van der Waals surface area contributed by atoms with E-state index in [1.165, 1.54) is 0 Å². The highest BCUT2D eigenvalue weighted by Gasteiger charge is 1.99. The van der Waals surface area contributed by atoms with E-state index in [4.69, 9.17) is 6.42 Å². The molecule has 0 aliphatic heterocycles. The van der Waals surface area contributed by atoms with Gasteiger partial charge in [0.1, 0.15) is 11.4 Å². The van der Waals surface area contributed by atoms with Crippen LogP contribution < -0.4 is 5.56 Å². The lowest BCUT2D eigenvalue weighted by atomic mass is 10.3. The van der Waals surface area contributed by atoms with Crippen LogP contribution in [0.3, 0.4) is 0 Å². The normalized spacial score (nSPS) is 9.18. The summed E-state index contributed by atoms with van der Waals surface area (Å²) in [5, 5.41) is 0. The Bertz CT molecular complexity index is 371. The molecule has 0 aliphatic rings. The van der Waals surface area contributed by atoms with Crippen LogP contribution in [-0.4, -0.2) is 9.97 Å². The molecule has 56 valence electrons. The van der Waals surface area contributed by atoms with Crippen molar-refractivity contribution >= 4 is 0 Å². The molecule has 1 rings (SSSR count). The van der Waals surface area contributed by atoms with Crippen molar-refractivity contribution in [1.82, 2.24) is 9.97 Å². The zero-order valence-corrected chi connectivity index (χ0v) is 6.43. The maximum atomic E-state index is 10.9. The number of aromatic amines is 1. The molecule has 1 heterocycles. The van der Waals surface area contributed by atoms with Gasteiger partial charge >= 0.3 is 0 Å². The number of nitrogens with one attached hydrogen (secondary N) is 1. The fourth-order valence-electron chi connectivity index (χ4n) is 0.793. The van der Waals surface area contributed by atoms with Gasteiger partial charge < -0.3 is 4.98 Å². The molecular formula is C8H8N2O. The second-order valence-corrected chi connectivity index (χ2v) is 2.26. The van der Waals surface area contributed by atoms with Crippen molar-refractivity contribution in [3.05, 3.63) is 27.4 Å². The molecule has 0 aliphatic carbocycles. The summed E-state index contributed by atoms with van der Waals surface area (Å²) >= 11 is 0. The predicted octanol–water partition coefficient (Wildman–Crippen LogP) is 0.368. The topological polar surface area (TPSA) is 45.8 Å². The number of hydrogen-bond donors (Lipinski definition) is 1. The molecule has 0 unspecified atom stereocenters. The van der Waals surface area contributed by atoms with Gasteiger partial charge in [0, 0.05) is 0 Å². The second kappa shape index (κ2) is 2.59. The minimum Gasteiger partial charge on any atom is -0.312 e. The van der Waals surface area contributed by atoms with Gasteiger partial charge in [0.15, 0.2) is 0 Å². The van der Waals surface area contributed by atoms with Crippen LogP contribution >= 0.6 is 0 Å². The quantitative estimate of drug-likeness (QED) is 0.540. The molecule has 3 heteroatoms. The summed E-state index contributed by atoms with van der Waals surface area (Å²) in [6, 6.07) is 0. The van der Waals surface area contributed by atoms with Gasteiger partial charge in [-0.1, -0.05) is 5.92 Å². The lowest BCUT2D eigenvalue weighted by Crippen LogP contribution is -2.14. The third kappa shape index (κ3) is 1.30. The first kappa shape index (κ1) is 7.55. The Morgan fingerprint density at radius 1 is 1.45 bits per heavy atom. The SMILES string of the molecule is C#Cc1[nH]c(=O)c(C)nc1C. The standard InChI is InChI=1S/C8H8N2O/c1-4-7-5(2)9-6(3)8(11)10-7/h1H,2-3H3,(H,10,11). The van der Waals surface area contributed by atoms with Crippen LogP contribution in [0.5, 0.6) is 0 Å². The lowest BCUT2D eigenvalue weighted by Gasteiger charge is -1.96. The zero-order chi connectivity index (χ0) is 8.43. The van der Waals surface area contributed by atoms with Gasteiger partial charge in [-0.2, -0.15) is 0 Å². The van der Waals surface area contributed by atoms with E-state index in [2.05, 4.69) is 15.9 Å². The van der Waals surface area contributed by atoms with Crippen LogP contribution in [-0.2, 0) is 0 Å². The molecule has 1 aromatic rings. The maximum Gasteiger partial charge on any atom is 0.270 e. The van der Waals surface area contributed by atoms with E-state index in [1.807, 2.05) is 0 Å². The summed E-state index contributed by atoms with van der Waals surface area (Å²) in [5.74, 6) is 2.35. The van der Waals surface area contributed by atoms with Gasteiger partial charge in [-0.25, -0.2) is 4.98 Å².